The number of carboxylic acids is 1. The van der Waals surface area contributed by atoms with Crippen molar-refractivity contribution < 1.29 is 14.7 Å². The molecule has 1 heterocycles. The van der Waals surface area contributed by atoms with E-state index in [2.05, 4.69) is 20.8 Å². The van der Waals surface area contributed by atoms with E-state index in [4.69, 9.17) is 0 Å². The molecule has 100 valence electrons. The van der Waals surface area contributed by atoms with Gasteiger partial charge in [0.25, 0.3) is 0 Å². The van der Waals surface area contributed by atoms with Gasteiger partial charge in [0.1, 0.15) is 5.51 Å². The summed E-state index contributed by atoms with van der Waals surface area (Å²) < 4.78 is 0. The molecule has 8 heteroatoms. The minimum absolute atomic E-state index is 0.0833. The molecule has 0 fully saturated rings. The lowest BCUT2D eigenvalue weighted by Crippen LogP contribution is -2.43. The maximum Gasteiger partial charge on any atom is 0.321 e. The van der Waals surface area contributed by atoms with Crippen molar-refractivity contribution in [2.45, 2.75) is 26.7 Å². The van der Waals surface area contributed by atoms with Gasteiger partial charge < -0.3 is 10.4 Å². The van der Waals surface area contributed by atoms with Crippen LogP contribution in [0.4, 0.5) is 9.93 Å². The van der Waals surface area contributed by atoms with Crippen molar-refractivity contribution in [3.05, 3.63) is 5.51 Å². The number of nitrogens with zero attached hydrogens (tertiary/aromatic N) is 2. The lowest BCUT2D eigenvalue weighted by atomic mass is 9.82. The molecular weight excluding hydrogens is 256 g/mol. The highest BCUT2D eigenvalue weighted by Crippen LogP contribution is 2.25. The molecular formula is C10H16N4O3S. The van der Waals surface area contributed by atoms with E-state index >= 15 is 0 Å². The Morgan fingerprint density at radius 3 is 2.56 bits per heavy atom. The fourth-order valence-corrected chi connectivity index (χ4v) is 1.94. The number of nitrogens with one attached hydrogen (secondary N) is 2. The lowest BCUT2D eigenvalue weighted by Gasteiger charge is -2.26. The van der Waals surface area contributed by atoms with E-state index in [1.54, 1.807) is 13.8 Å². The summed E-state index contributed by atoms with van der Waals surface area (Å²) in [5.41, 5.74) is 0.577. The topological polar surface area (TPSA) is 104 Å². The Morgan fingerprint density at radius 1 is 1.44 bits per heavy atom. The highest BCUT2D eigenvalue weighted by molar-refractivity contribution is 7.13. The van der Waals surface area contributed by atoms with E-state index in [1.807, 2.05) is 0 Å². The molecule has 0 spiro atoms. The number of carboxylic acid groups (broad SMARTS) is 1. The minimum Gasteiger partial charge on any atom is -0.481 e. The van der Waals surface area contributed by atoms with Gasteiger partial charge in [0.2, 0.25) is 5.13 Å². The molecule has 0 bridgehead atoms. The van der Waals surface area contributed by atoms with E-state index < -0.39 is 17.4 Å². The first-order chi connectivity index (χ1) is 8.54. The highest BCUT2D eigenvalue weighted by Gasteiger charge is 2.35. The number of aliphatic carboxylic acids is 1. The monoisotopic (exact) mass is 272 g/mol. The molecule has 0 aliphatic rings. The Balaban J connectivity index is 2.52. The van der Waals surface area contributed by atoms with Crippen molar-refractivity contribution in [1.29, 1.82) is 0 Å². The maximum absolute atomic E-state index is 11.5. The molecule has 0 saturated heterocycles. The number of carbonyl (C=O) groups is 2. The van der Waals surface area contributed by atoms with Crippen molar-refractivity contribution in [3.63, 3.8) is 0 Å². The van der Waals surface area contributed by atoms with Crippen LogP contribution in [0.2, 0.25) is 0 Å². The second-order valence-electron chi connectivity index (χ2n) is 3.84. The molecule has 2 amide bonds. The van der Waals surface area contributed by atoms with Crippen LogP contribution in [0.3, 0.4) is 0 Å². The number of hydrogen-bond donors (Lipinski definition) is 3. The molecule has 0 aliphatic carbocycles. The van der Waals surface area contributed by atoms with Gasteiger partial charge in [-0.1, -0.05) is 25.2 Å². The van der Waals surface area contributed by atoms with E-state index in [-0.39, 0.29) is 6.54 Å². The zero-order chi connectivity index (χ0) is 13.6. The summed E-state index contributed by atoms with van der Waals surface area (Å²) in [4.78, 5) is 22.8. The molecule has 0 atom stereocenters. The van der Waals surface area contributed by atoms with Gasteiger partial charge in [-0.05, 0) is 12.8 Å². The second-order valence-corrected chi connectivity index (χ2v) is 4.68. The van der Waals surface area contributed by atoms with Crippen LogP contribution < -0.4 is 10.6 Å². The molecule has 0 radical (unpaired) electrons. The average molecular weight is 272 g/mol. The van der Waals surface area contributed by atoms with Crippen LogP contribution in [-0.4, -0.2) is 33.8 Å². The molecule has 0 aliphatic heterocycles. The molecule has 18 heavy (non-hydrogen) atoms. The van der Waals surface area contributed by atoms with Gasteiger partial charge in [-0.25, -0.2) is 4.79 Å². The number of rotatable bonds is 6. The van der Waals surface area contributed by atoms with Crippen LogP contribution in [0.15, 0.2) is 5.51 Å². The van der Waals surface area contributed by atoms with Crippen molar-refractivity contribution in [3.8, 4) is 0 Å². The number of amides is 2. The van der Waals surface area contributed by atoms with Crippen LogP contribution in [0.1, 0.15) is 26.7 Å². The Hall–Kier alpha value is -1.70. The SMILES string of the molecule is CCC(CC)(CNC(=O)Nc1nncs1)C(=O)O. The van der Waals surface area contributed by atoms with E-state index in [0.29, 0.717) is 18.0 Å². The molecule has 1 rings (SSSR count). The highest BCUT2D eigenvalue weighted by atomic mass is 32.1. The first-order valence-corrected chi connectivity index (χ1v) is 6.46. The number of aromatic nitrogens is 2. The fraction of sp³-hybridized carbons (Fsp3) is 0.600. The molecule has 0 unspecified atom stereocenters. The average Bonchev–Trinajstić information content (AvgIpc) is 2.83. The van der Waals surface area contributed by atoms with Crippen molar-refractivity contribution in [2.24, 2.45) is 5.41 Å². The van der Waals surface area contributed by atoms with E-state index in [9.17, 15) is 14.7 Å². The Bertz CT molecular complexity index is 403. The van der Waals surface area contributed by atoms with Gasteiger partial charge in [-0.3, -0.25) is 10.1 Å². The number of hydrogen-bond acceptors (Lipinski definition) is 5. The second kappa shape index (κ2) is 6.29. The summed E-state index contributed by atoms with van der Waals surface area (Å²) in [5, 5.41) is 21.8. The van der Waals surface area contributed by atoms with Crippen molar-refractivity contribution in [1.82, 2.24) is 15.5 Å². The third-order valence-electron chi connectivity index (χ3n) is 2.98. The van der Waals surface area contributed by atoms with Gasteiger partial charge >= 0.3 is 12.0 Å². The smallest absolute Gasteiger partial charge is 0.321 e. The van der Waals surface area contributed by atoms with E-state index in [0.717, 1.165) is 0 Å². The molecule has 1 aromatic rings. The van der Waals surface area contributed by atoms with Crippen LogP contribution in [0.25, 0.3) is 0 Å². The van der Waals surface area contributed by atoms with Gasteiger partial charge in [0.05, 0.1) is 5.41 Å². The van der Waals surface area contributed by atoms with E-state index in [1.165, 1.54) is 16.8 Å². The normalized spacial score (nSPS) is 11.0. The van der Waals surface area contributed by atoms with Crippen molar-refractivity contribution in [2.75, 3.05) is 11.9 Å². The molecule has 1 aromatic heterocycles. The van der Waals surface area contributed by atoms with Gasteiger partial charge in [-0.15, -0.1) is 10.2 Å². The summed E-state index contributed by atoms with van der Waals surface area (Å²) >= 11 is 1.19. The summed E-state index contributed by atoms with van der Waals surface area (Å²) in [6.45, 7) is 3.67. The van der Waals surface area contributed by atoms with Gasteiger partial charge in [0.15, 0.2) is 0 Å². The largest absolute Gasteiger partial charge is 0.481 e. The summed E-state index contributed by atoms with van der Waals surface area (Å²) in [6.07, 6.45) is 0.913. The minimum atomic E-state index is -0.918. The zero-order valence-corrected chi connectivity index (χ0v) is 11.1. The predicted octanol–water partition coefficient (Wildman–Crippen LogP) is 1.55. The standard InChI is InChI=1S/C10H16N4O3S/c1-3-10(4-2,7(15)16)5-11-8(17)13-9-14-12-6-18-9/h6H,3-5H2,1-2H3,(H,15,16)(H2,11,13,14,17). The number of urea groups is 1. The first-order valence-electron chi connectivity index (χ1n) is 5.58. The predicted molar refractivity (Wildman–Crippen MR) is 67.6 cm³/mol. The third kappa shape index (κ3) is 3.39. The number of anilines is 1. The summed E-state index contributed by atoms with van der Waals surface area (Å²) in [6, 6.07) is -0.473. The maximum atomic E-state index is 11.5. The van der Waals surface area contributed by atoms with Crippen LogP contribution in [-0.2, 0) is 4.79 Å². The van der Waals surface area contributed by atoms with Crippen LogP contribution >= 0.6 is 11.3 Å². The summed E-state index contributed by atoms with van der Waals surface area (Å²) in [5.74, 6) is -0.899. The quantitative estimate of drug-likeness (QED) is 0.728. The molecule has 7 nitrogen and oxygen atoms in total. The first kappa shape index (κ1) is 14.4. The number of carbonyl (C=O) groups excluding carboxylic acids is 1. The zero-order valence-electron chi connectivity index (χ0n) is 10.3. The third-order valence-corrected chi connectivity index (χ3v) is 3.58. The summed E-state index contributed by atoms with van der Waals surface area (Å²) in [7, 11) is 0. The van der Waals surface area contributed by atoms with Crippen LogP contribution in [0, 0.1) is 5.41 Å². The molecule has 0 aromatic carbocycles. The Morgan fingerprint density at radius 2 is 2.11 bits per heavy atom. The Labute approximate surface area is 109 Å². The van der Waals surface area contributed by atoms with Gasteiger partial charge in [-0.2, -0.15) is 0 Å². The van der Waals surface area contributed by atoms with Crippen molar-refractivity contribution >= 4 is 28.5 Å². The molecule has 0 saturated carbocycles. The lowest BCUT2D eigenvalue weighted by molar-refractivity contribution is -0.149. The van der Waals surface area contributed by atoms with Crippen LogP contribution in [0.5, 0.6) is 0 Å². The Kier molecular flexibility index (Phi) is 5.02. The fourth-order valence-electron chi connectivity index (χ4n) is 1.50. The van der Waals surface area contributed by atoms with Gasteiger partial charge in [0, 0.05) is 6.54 Å². The molecule has 3 N–H and O–H groups in total.